The molecule has 0 atom stereocenters. The van der Waals surface area contributed by atoms with Gasteiger partial charge in [-0.15, -0.1) is 0 Å². The van der Waals surface area contributed by atoms with Gasteiger partial charge in [-0.1, -0.05) is 11.6 Å². The van der Waals surface area contributed by atoms with E-state index in [2.05, 4.69) is 5.10 Å². The third kappa shape index (κ3) is 2.81. The molecule has 2 rings (SSSR count). The molecule has 0 aliphatic heterocycles. The van der Waals surface area contributed by atoms with Crippen LogP contribution in [0, 0.1) is 0 Å². The molecule has 0 radical (unpaired) electrons. The Kier molecular flexibility index (Phi) is 3.53. The number of hydrogen-bond acceptors (Lipinski definition) is 3. The van der Waals surface area contributed by atoms with Crippen molar-refractivity contribution in [2.45, 2.75) is 12.8 Å². The fourth-order valence-electron chi connectivity index (χ4n) is 1.59. The molecule has 94 valence electrons. The first-order chi connectivity index (χ1) is 8.56. The molecule has 6 heteroatoms. The summed E-state index contributed by atoms with van der Waals surface area (Å²) in [6.07, 6.45) is 0.400. The molecule has 1 heterocycles. The fraction of sp³-hybridized carbons (Fsp3) is 0.167. The van der Waals surface area contributed by atoms with Crippen molar-refractivity contribution in [3.05, 3.63) is 41.0 Å². The monoisotopic (exact) mass is 265 g/mol. The lowest BCUT2D eigenvalue weighted by Crippen LogP contribution is -2.02. The number of aliphatic carboxylic acids is 1. The van der Waals surface area contributed by atoms with Crippen LogP contribution in [-0.4, -0.2) is 20.9 Å². The number of carboxylic acids is 1. The summed E-state index contributed by atoms with van der Waals surface area (Å²) in [6.45, 7) is 0. The molecule has 5 nitrogen and oxygen atoms in total. The molecule has 0 amide bonds. The van der Waals surface area contributed by atoms with E-state index in [1.54, 1.807) is 35.0 Å². The van der Waals surface area contributed by atoms with Gasteiger partial charge in [0.15, 0.2) is 0 Å². The van der Waals surface area contributed by atoms with Crippen LogP contribution in [-0.2, 0) is 11.2 Å². The minimum atomic E-state index is -0.852. The van der Waals surface area contributed by atoms with E-state index in [4.69, 9.17) is 22.4 Å². The van der Waals surface area contributed by atoms with E-state index in [1.807, 2.05) is 0 Å². The van der Waals surface area contributed by atoms with Crippen LogP contribution >= 0.6 is 11.6 Å². The predicted molar refractivity (Wildman–Crippen MR) is 68.9 cm³/mol. The molecule has 1 aromatic heterocycles. The maximum Gasteiger partial charge on any atom is 0.303 e. The smallest absolute Gasteiger partial charge is 0.303 e. The Balaban J connectivity index is 2.23. The van der Waals surface area contributed by atoms with Gasteiger partial charge < -0.3 is 10.8 Å². The van der Waals surface area contributed by atoms with Crippen LogP contribution in [0.25, 0.3) is 5.69 Å². The summed E-state index contributed by atoms with van der Waals surface area (Å²) in [7, 11) is 0. The minimum Gasteiger partial charge on any atom is -0.481 e. The second kappa shape index (κ2) is 5.10. The average molecular weight is 266 g/mol. The van der Waals surface area contributed by atoms with E-state index in [9.17, 15) is 4.79 Å². The third-order valence-electron chi connectivity index (χ3n) is 2.45. The minimum absolute atomic E-state index is 0.0388. The molecule has 3 N–H and O–H groups in total. The lowest BCUT2D eigenvalue weighted by molar-refractivity contribution is -0.136. The lowest BCUT2D eigenvalue weighted by Gasteiger charge is -2.03. The zero-order valence-electron chi connectivity index (χ0n) is 9.51. The zero-order valence-corrected chi connectivity index (χ0v) is 10.3. The van der Waals surface area contributed by atoms with E-state index in [0.717, 1.165) is 5.69 Å². The second-order valence-corrected chi connectivity index (χ2v) is 4.28. The van der Waals surface area contributed by atoms with Crippen LogP contribution in [0.4, 0.5) is 5.82 Å². The Morgan fingerprint density at radius 3 is 2.67 bits per heavy atom. The summed E-state index contributed by atoms with van der Waals surface area (Å²) in [5.74, 6) is -0.382. The predicted octanol–water partition coefficient (Wildman–Crippen LogP) is 2.13. The van der Waals surface area contributed by atoms with Crippen molar-refractivity contribution in [2.75, 3.05) is 5.73 Å². The van der Waals surface area contributed by atoms with Crippen molar-refractivity contribution in [1.29, 1.82) is 0 Å². The van der Waals surface area contributed by atoms with Gasteiger partial charge in [0.25, 0.3) is 0 Å². The fourth-order valence-corrected chi connectivity index (χ4v) is 1.72. The maximum atomic E-state index is 10.5. The van der Waals surface area contributed by atoms with Crippen LogP contribution in [0.2, 0.25) is 5.02 Å². The number of halogens is 1. The number of benzene rings is 1. The third-order valence-corrected chi connectivity index (χ3v) is 2.71. The first kappa shape index (κ1) is 12.4. The van der Waals surface area contributed by atoms with E-state index in [1.165, 1.54) is 0 Å². The van der Waals surface area contributed by atoms with Gasteiger partial charge in [-0.25, -0.2) is 4.68 Å². The number of nitrogens with zero attached hydrogens (tertiary/aromatic N) is 2. The van der Waals surface area contributed by atoms with E-state index in [0.29, 0.717) is 23.0 Å². The largest absolute Gasteiger partial charge is 0.481 e. The first-order valence-electron chi connectivity index (χ1n) is 5.38. The van der Waals surface area contributed by atoms with Crippen LogP contribution in [0.5, 0.6) is 0 Å². The van der Waals surface area contributed by atoms with Gasteiger partial charge >= 0.3 is 5.97 Å². The van der Waals surface area contributed by atoms with Crippen molar-refractivity contribution < 1.29 is 9.90 Å². The average Bonchev–Trinajstić information content (AvgIpc) is 2.69. The van der Waals surface area contributed by atoms with Gasteiger partial charge in [-0.3, -0.25) is 4.79 Å². The Morgan fingerprint density at radius 2 is 2.06 bits per heavy atom. The number of rotatable bonds is 4. The van der Waals surface area contributed by atoms with Crippen LogP contribution in [0.1, 0.15) is 12.1 Å². The van der Waals surface area contributed by atoms with Crippen molar-refractivity contribution >= 4 is 23.4 Å². The van der Waals surface area contributed by atoms with Gasteiger partial charge in [0.1, 0.15) is 5.82 Å². The van der Waals surface area contributed by atoms with Crippen molar-refractivity contribution in [3.63, 3.8) is 0 Å². The number of nitrogens with two attached hydrogens (primary N) is 1. The van der Waals surface area contributed by atoms with E-state index < -0.39 is 5.97 Å². The summed E-state index contributed by atoms with van der Waals surface area (Å²) < 4.78 is 1.56. The quantitative estimate of drug-likeness (QED) is 0.887. The Bertz CT molecular complexity index is 563. The van der Waals surface area contributed by atoms with E-state index >= 15 is 0 Å². The highest BCUT2D eigenvalue weighted by atomic mass is 35.5. The Hall–Kier alpha value is -2.01. The molecule has 0 fully saturated rings. The summed E-state index contributed by atoms with van der Waals surface area (Å²) in [4.78, 5) is 10.5. The summed E-state index contributed by atoms with van der Waals surface area (Å²) in [6, 6.07) is 8.76. The van der Waals surface area contributed by atoms with Crippen molar-refractivity contribution in [2.24, 2.45) is 0 Å². The van der Waals surface area contributed by atoms with Gasteiger partial charge in [0.2, 0.25) is 0 Å². The molecule has 0 spiro atoms. The van der Waals surface area contributed by atoms with Gasteiger partial charge in [0.05, 0.1) is 17.8 Å². The Labute approximate surface area is 109 Å². The SMILES string of the molecule is Nc1cc(CCC(=O)O)nn1-c1ccc(Cl)cc1. The number of carboxylic acid groups (broad SMARTS) is 1. The molecule has 0 aliphatic rings. The topological polar surface area (TPSA) is 81.1 Å². The molecule has 0 unspecified atom stereocenters. The molecule has 0 saturated heterocycles. The van der Waals surface area contributed by atoms with Crippen LogP contribution in [0.3, 0.4) is 0 Å². The number of hydrogen-bond donors (Lipinski definition) is 2. The lowest BCUT2D eigenvalue weighted by atomic mass is 10.2. The molecule has 18 heavy (non-hydrogen) atoms. The number of carbonyl (C=O) groups is 1. The molecule has 1 aromatic carbocycles. The molecular weight excluding hydrogens is 254 g/mol. The number of aryl methyl sites for hydroxylation is 1. The zero-order chi connectivity index (χ0) is 13.1. The van der Waals surface area contributed by atoms with Crippen LogP contribution < -0.4 is 5.73 Å². The normalized spacial score (nSPS) is 10.5. The summed E-state index contributed by atoms with van der Waals surface area (Å²) in [5, 5.41) is 13.5. The maximum absolute atomic E-state index is 10.5. The summed E-state index contributed by atoms with van der Waals surface area (Å²) in [5.41, 5.74) is 7.29. The molecule has 0 bridgehead atoms. The first-order valence-corrected chi connectivity index (χ1v) is 5.76. The van der Waals surface area contributed by atoms with Gasteiger partial charge in [-0.2, -0.15) is 5.10 Å². The van der Waals surface area contributed by atoms with Crippen molar-refractivity contribution in [3.8, 4) is 5.69 Å². The van der Waals surface area contributed by atoms with Gasteiger partial charge in [-0.05, 0) is 24.3 Å². The molecule has 2 aromatic rings. The highest BCUT2D eigenvalue weighted by Gasteiger charge is 2.08. The van der Waals surface area contributed by atoms with Crippen LogP contribution in [0.15, 0.2) is 30.3 Å². The molecule has 0 saturated carbocycles. The molecular formula is C12H12ClN3O2. The highest BCUT2D eigenvalue weighted by molar-refractivity contribution is 6.30. The standard InChI is InChI=1S/C12H12ClN3O2/c13-8-1-4-10(5-2-8)16-11(14)7-9(15-16)3-6-12(17)18/h1-2,4-5,7H,3,6,14H2,(H,17,18). The second-order valence-electron chi connectivity index (χ2n) is 3.84. The highest BCUT2D eigenvalue weighted by Crippen LogP contribution is 2.17. The van der Waals surface area contributed by atoms with Gasteiger partial charge in [0, 0.05) is 17.5 Å². The summed E-state index contributed by atoms with van der Waals surface area (Å²) >= 11 is 5.80. The number of anilines is 1. The number of aromatic nitrogens is 2. The van der Waals surface area contributed by atoms with E-state index in [-0.39, 0.29) is 6.42 Å². The molecule has 0 aliphatic carbocycles. The Morgan fingerprint density at radius 1 is 1.39 bits per heavy atom. The number of nitrogen functional groups attached to an aromatic ring is 1. The van der Waals surface area contributed by atoms with Crippen molar-refractivity contribution in [1.82, 2.24) is 9.78 Å².